The Morgan fingerprint density at radius 1 is 1.19 bits per heavy atom. The number of hydrogen-bond donors (Lipinski definition) is 2. The molecule has 0 fully saturated rings. The molecule has 2 rings (SSSR count). The van der Waals surface area contributed by atoms with Crippen LogP contribution in [0.2, 0.25) is 5.02 Å². The van der Waals surface area contributed by atoms with Crippen LogP contribution in [0.15, 0.2) is 42.5 Å². The van der Waals surface area contributed by atoms with Gasteiger partial charge in [-0.25, -0.2) is 0 Å². The molecule has 0 atom stereocenters. The number of aryl methyl sites for hydroxylation is 1. The Bertz CT molecular complexity index is 841. The zero-order valence-electron chi connectivity index (χ0n) is 13.8. The maximum Gasteiger partial charge on any atom is 0.273 e. The number of carbonyl (C=O) groups excluding carboxylic acids is 2. The van der Waals surface area contributed by atoms with E-state index in [1.54, 1.807) is 18.2 Å². The Balaban J connectivity index is 1.78. The topological polar surface area (TPSA) is 111 Å². The number of benzene rings is 2. The van der Waals surface area contributed by atoms with Crippen LogP contribution in [0.4, 0.5) is 11.4 Å². The van der Waals surface area contributed by atoms with Crippen molar-refractivity contribution in [2.45, 2.75) is 6.92 Å². The van der Waals surface area contributed by atoms with Crippen molar-refractivity contribution in [2.75, 3.05) is 18.5 Å². The zero-order chi connectivity index (χ0) is 19.1. The molecule has 0 aromatic heterocycles. The Hall–Kier alpha value is -3.13. The van der Waals surface area contributed by atoms with Gasteiger partial charge in [-0.3, -0.25) is 19.7 Å². The quantitative estimate of drug-likeness (QED) is 0.569. The molecule has 0 radical (unpaired) electrons. The Labute approximate surface area is 154 Å². The summed E-state index contributed by atoms with van der Waals surface area (Å²) in [5, 5.41) is 16.1. The number of nitro benzene ring substituents is 1. The molecule has 9 heteroatoms. The van der Waals surface area contributed by atoms with E-state index in [4.69, 9.17) is 16.3 Å². The molecule has 2 amide bonds. The lowest BCUT2D eigenvalue weighted by Gasteiger charge is -2.09. The van der Waals surface area contributed by atoms with E-state index in [0.717, 1.165) is 5.56 Å². The minimum absolute atomic E-state index is 0.141. The van der Waals surface area contributed by atoms with Crippen LogP contribution in [0.1, 0.15) is 5.56 Å². The highest BCUT2D eigenvalue weighted by Crippen LogP contribution is 2.22. The molecular formula is C17H16ClN3O5. The summed E-state index contributed by atoms with van der Waals surface area (Å²) in [6, 6.07) is 10.6. The second-order valence-corrected chi connectivity index (χ2v) is 5.76. The lowest BCUT2D eigenvalue weighted by atomic mass is 10.2. The van der Waals surface area contributed by atoms with Gasteiger partial charge >= 0.3 is 0 Å². The number of non-ortho nitro benzene ring substituents is 1. The second kappa shape index (κ2) is 8.82. The van der Waals surface area contributed by atoms with Gasteiger partial charge in [-0.1, -0.05) is 23.7 Å². The molecule has 0 heterocycles. The number of carbonyl (C=O) groups is 2. The molecule has 0 saturated carbocycles. The smallest absolute Gasteiger partial charge is 0.273 e. The summed E-state index contributed by atoms with van der Waals surface area (Å²) >= 11 is 6.02. The fourth-order valence-corrected chi connectivity index (χ4v) is 2.26. The third kappa shape index (κ3) is 5.75. The Morgan fingerprint density at radius 2 is 1.96 bits per heavy atom. The number of nitro groups is 1. The predicted octanol–water partition coefficient (Wildman–Crippen LogP) is 2.69. The number of nitrogens with zero attached hydrogens (tertiary/aromatic N) is 1. The fraction of sp³-hybridized carbons (Fsp3) is 0.176. The van der Waals surface area contributed by atoms with Gasteiger partial charge in [0.05, 0.1) is 28.2 Å². The highest BCUT2D eigenvalue weighted by Gasteiger charge is 2.10. The maximum absolute atomic E-state index is 11.8. The van der Waals surface area contributed by atoms with Gasteiger partial charge in [0.2, 0.25) is 5.91 Å². The standard InChI is InChI=1S/C17H16ClN3O5/c1-11-5-6-15(14(18)7-11)20-16(22)9-19-17(23)10-26-13-4-2-3-12(8-13)21(24)25/h2-8H,9-10H2,1H3,(H,19,23)(H,20,22). The minimum atomic E-state index is -0.562. The molecule has 0 saturated heterocycles. The van der Waals surface area contributed by atoms with Crippen molar-refractivity contribution in [1.82, 2.24) is 5.32 Å². The summed E-state index contributed by atoms with van der Waals surface area (Å²) in [4.78, 5) is 33.7. The molecule has 0 unspecified atom stereocenters. The average Bonchev–Trinajstić information content (AvgIpc) is 2.61. The maximum atomic E-state index is 11.8. The van der Waals surface area contributed by atoms with Gasteiger partial charge in [0.25, 0.3) is 11.6 Å². The predicted molar refractivity (Wildman–Crippen MR) is 96.4 cm³/mol. The lowest BCUT2D eigenvalue weighted by molar-refractivity contribution is -0.384. The van der Waals surface area contributed by atoms with E-state index in [1.807, 2.05) is 6.92 Å². The largest absolute Gasteiger partial charge is 0.484 e. The number of anilines is 1. The molecule has 0 bridgehead atoms. The van der Waals surface area contributed by atoms with E-state index in [-0.39, 0.29) is 24.6 Å². The number of halogens is 1. The summed E-state index contributed by atoms with van der Waals surface area (Å²) < 4.78 is 5.17. The van der Waals surface area contributed by atoms with Gasteiger partial charge in [-0.15, -0.1) is 0 Å². The van der Waals surface area contributed by atoms with Crippen LogP contribution in [-0.2, 0) is 9.59 Å². The molecule has 2 aromatic rings. The van der Waals surface area contributed by atoms with Crippen molar-refractivity contribution in [3.8, 4) is 5.75 Å². The SMILES string of the molecule is Cc1ccc(NC(=O)CNC(=O)COc2cccc([N+](=O)[O-])c2)c(Cl)c1. The van der Waals surface area contributed by atoms with Gasteiger partial charge in [-0.05, 0) is 30.7 Å². The van der Waals surface area contributed by atoms with Gasteiger partial charge in [-0.2, -0.15) is 0 Å². The first-order valence-electron chi connectivity index (χ1n) is 7.55. The van der Waals surface area contributed by atoms with Crippen LogP contribution < -0.4 is 15.4 Å². The molecule has 26 heavy (non-hydrogen) atoms. The fourth-order valence-electron chi connectivity index (χ4n) is 1.98. The molecule has 0 spiro atoms. The first-order valence-corrected chi connectivity index (χ1v) is 7.93. The average molecular weight is 378 g/mol. The summed E-state index contributed by atoms with van der Waals surface area (Å²) in [6.07, 6.45) is 0. The van der Waals surface area contributed by atoms with Crippen LogP contribution in [-0.4, -0.2) is 29.9 Å². The van der Waals surface area contributed by atoms with E-state index >= 15 is 0 Å². The van der Waals surface area contributed by atoms with Gasteiger partial charge < -0.3 is 15.4 Å². The first-order chi connectivity index (χ1) is 12.3. The van der Waals surface area contributed by atoms with Crippen LogP contribution in [0.5, 0.6) is 5.75 Å². The second-order valence-electron chi connectivity index (χ2n) is 5.35. The number of hydrogen-bond acceptors (Lipinski definition) is 5. The molecule has 0 aliphatic heterocycles. The van der Waals surface area contributed by atoms with Crippen LogP contribution in [0.25, 0.3) is 0 Å². The molecule has 136 valence electrons. The van der Waals surface area contributed by atoms with Crippen molar-refractivity contribution in [3.05, 3.63) is 63.2 Å². The first kappa shape index (κ1) is 19.2. The van der Waals surface area contributed by atoms with Gasteiger partial charge in [0, 0.05) is 6.07 Å². The van der Waals surface area contributed by atoms with Crippen molar-refractivity contribution in [3.63, 3.8) is 0 Å². The molecule has 2 aromatic carbocycles. The van der Waals surface area contributed by atoms with E-state index in [0.29, 0.717) is 10.7 Å². The number of ether oxygens (including phenoxy) is 1. The van der Waals surface area contributed by atoms with E-state index < -0.39 is 16.7 Å². The molecular weight excluding hydrogens is 362 g/mol. The van der Waals surface area contributed by atoms with Crippen LogP contribution in [0, 0.1) is 17.0 Å². The Morgan fingerprint density at radius 3 is 2.65 bits per heavy atom. The molecule has 0 aliphatic carbocycles. The summed E-state index contributed by atoms with van der Waals surface area (Å²) in [7, 11) is 0. The lowest BCUT2D eigenvalue weighted by Crippen LogP contribution is -2.35. The van der Waals surface area contributed by atoms with E-state index in [2.05, 4.69) is 10.6 Å². The van der Waals surface area contributed by atoms with Crippen molar-refractivity contribution >= 4 is 34.8 Å². The van der Waals surface area contributed by atoms with Crippen molar-refractivity contribution in [2.24, 2.45) is 0 Å². The van der Waals surface area contributed by atoms with Crippen molar-refractivity contribution < 1.29 is 19.2 Å². The van der Waals surface area contributed by atoms with Gasteiger partial charge in [0.1, 0.15) is 5.75 Å². The number of rotatable bonds is 7. The number of nitrogens with one attached hydrogen (secondary N) is 2. The summed E-state index contributed by atoms with van der Waals surface area (Å²) in [5.74, 6) is -0.800. The monoisotopic (exact) mass is 377 g/mol. The summed E-state index contributed by atoms with van der Waals surface area (Å²) in [6.45, 7) is 1.24. The molecule has 2 N–H and O–H groups in total. The minimum Gasteiger partial charge on any atom is -0.484 e. The highest BCUT2D eigenvalue weighted by molar-refractivity contribution is 6.33. The van der Waals surface area contributed by atoms with Gasteiger partial charge in [0.15, 0.2) is 6.61 Å². The third-order valence-electron chi connectivity index (χ3n) is 3.24. The van der Waals surface area contributed by atoms with E-state index in [9.17, 15) is 19.7 Å². The normalized spacial score (nSPS) is 10.1. The van der Waals surface area contributed by atoms with Crippen molar-refractivity contribution in [1.29, 1.82) is 0 Å². The molecule has 8 nitrogen and oxygen atoms in total. The highest BCUT2D eigenvalue weighted by atomic mass is 35.5. The van der Waals surface area contributed by atoms with Crippen LogP contribution in [0.3, 0.4) is 0 Å². The number of amides is 2. The third-order valence-corrected chi connectivity index (χ3v) is 3.56. The van der Waals surface area contributed by atoms with E-state index in [1.165, 1.54) is 24.3 Å². The molecule has 0 aliphatic rings. The van der Waals surface area contributed by atoms with Crippen LogP contribution >= 0.6 is 11.6 Å². The zero-order valence-corrected chi connectivity index (χ0v) is 14.6. The Kier molecular flexibility index (Phi) is 6.51. The summed E-state index contributed by atoms with van der Waals surface area (Å²) in [5.41, 5.74) is 1.27.